The second-order valence-corrected chi connectivity index (χ2v) is 4.44. The Hall–Kier alpha value is -0.940. The number of nitrogens with one attached hydrogen (secondary N) is 1. The molecule has 0 radical (unpaired) electrons. The normalized spacial score (nSPS) is 9.73. The van der Waals surface area contributed by atoms with E-state index in [9.17, 15) is 4.79 Å². The molecule has 3 nitrogen and oxygen atoms in total. The van der Waals surface area contributed by atoms with Gasteiger partial charge in [-0.25, -0.2) is 0 Å². The highest BCUT2D eigenvalue weighted by Crippen LogP contribution is 2.19. The smallest absolute Gasteiger partial charge is 0.251 e. The predicted molar refractivity (Wildman–Crippen MR) is 68.0 cm³/mol. The molecule has 15 heavy (non-hydrogen) atoms. The van der Waals surface area contributed by atoms with Crippen LogP contribution in [0, 0.1) is 6.92 Å². The molecule has 5 heteroatoms. The van der Waals surface area contributed by atoms with E-state index in [1.54, 1.807) is 6.07 Å². The molecule has 1 amide bonds. The average molecular weight is 287 g/mol. The van der Waals surface area contributed by atoms with Gasteiger partial charge in [0.2, 0.25) is 0 Å². The molecule has 0 aliphatic carbocycles. The maximum absolute atomic E-state index is 11.7. The van der Waals surface area contributed by atoms with Crippen molar-refractivity contribution in [1.29, 1.82) is 0 Å². The average Bonchev–Trinajstić information content (AvgIpc) is 2.18. The van der Waals surface area contributed by atoms with Crippen LogP contribution in [-0.4, -0.2) is 17.4 Å². The minimum absolute atomic E-state index is 0.165. The van der Waals surface area contributed by atoms with E-state index >= 15 is 0 Å². The highest BCUT2D eigenvalue weighted by molar-refractivity contribution is 9.10. The van der Waals surface area contributed by atoms with Gasteiger partial charge in [0, 0.05) is 10.0 Å². The maximum Gasteiger partial charge on any atom is 0.251 e. The number of thiocarbonyl (C=S) groups is 1. The molecule has 0 atom stereocenters. The van der Waals surface area contributed by atoms with Crippen molar-refractivity contribution in [2.45, 2.75) is 6.92 Å². The van der Waals surface area contributed by atoms with E-state index in [2.05, 4.69) is 33.5 Å². The Morgan fingerprint density at radius 1 is 1.60 bits per heavy atom. The van der Waals surface area contributed by atoms with Gasteiger partial charge in [-0.15, -0.1) is 0 Å². The molecule has 0 aromatic heterocycles. The highest BCUT2D eigenvalue weighted by atomic mass is 79.9. The topological polar surface area (TPSA) is 55.1 Å². The summed E-state index contributed by atoms with van der Waals surface area (Å²) in [6, 6.07) is 5.46. The van der Waals surface area contributed by atoms with E-state index in [-0.39, 0.29) is 17.4 Å². The van der Waals surface area contributed by atoms with Crippen molar-refractivity contribution >= 4 is 39.0 Å². The summed E-state index contributed by atoms with van der Waals surface area (Å²) in [6.07, 6.45) is 0. The molecule has 0 saturated heterocycles. The van der Waals surface area contributed by atoms with Gasteiger partial charge in [0.1, 0.15) is 0 Å². The van der Waals surface area contributed by atoms with Crippen LogP contribution >= 0.6 is 28.1 Å². The fourth-order valence-corrected chi connectivity index (χ4v) is 1.55. The third-order valence-electron chi connectivity index (χ3n) is 1.94. The molecule has 0 spiro atoms. The Balaban J connectivity index is 2.82. The monoisotopic (exact) mass is 286 g/mol. The van der Waals surface area contributed by atoms with Crippen LogP contribution in [0.25, 0.3) is 0 Å². The zero-order chi connectivity index (χ0) is 11.4. The third-order valence-corrected chi connectivity index (χ3v) is 2.94. The van der Waals surface area contributed by atoms with Crippen LogP contribution < -0.4 is 11.1 Å². The first-order chi connectivity index (χ1) is 7.02. The molecule has 0 saturated carbocycles. The second-order valence-electron chi connectivity index (χ2n) is 3.06. The largest absolute Gasteiger partial charge is 0.392 e. The number of amides is 1. The van der Waals surface area contributed by atoms with Crippen molar-refractivity contribution in [2.75, 3.05) is 6.54 Å². The first-order valence-electron chi connectivity index (χ1n) is 4.34. The van der Waals surface area contributed by atoms with Crippen LogP contribution in [-0.2, 0) is 0 Å². The maximum atomic E-state index is 11.7. The Kier molecular flexibility index (Phi) is 4.23. The van der Waals surface area contributed by atoms with Gasteiger partial charge in [0.15, 0.2) is 0 Å². The Morgan fingerprint density at radius 3 is 2.87 bits per heavy atom. The first kappa shape index (κ1) is 12.1. The van der Waals surface area contributed by atoms with E-state index < -0.39 is 0 Å². The lowest BCUT2D eigenvalue weighted by Crippen LogP contribution is -2.32. The highest BCUT2D eigenvalue weighted by Gasteiger charge is 2.09. The predicted octanol–water partition coefficient (Wildman–Crippen LogP) is 1.77. The SMILES string of the molecule is Cc1c(Br)cccc1C(=O)NCC(N)=S. The van der Waals surface area contributed by atoms with Gasteiger partial charge in [-0.3, -0.25) is 4.79 Å². The summed E-state index contributed by atoms with van der Waals surface area (Å²) < 4.78 is 0.908. The quantitative estimate of drug-likeness (QED) is 0.833. The zero-order valence-electron chi connectivity index (χ0n) is 8.21. The summed E-state index contributed by atoms with van der Waals surface area (Å²) in [7, 11) is 0. The van der Waals surface area contributed by atoms with Gasteiger partial charge in [-0.1, -0.05) is 34.2 Å². The van der Waals surface area contributed by atoms with Crippen molar-refractivity contribution in [1.82, 2.24) is 5.32 Å². The van der Waals surface area contributed by atoms with E-state index in [1.807, 2.05) is 19.1 Å². The number of rotatable bonds is 3. The van der Waals surface area contributed by atoms with Crippen LogP contribution in [0.4, 0.5) is 0 Å². The number of hydrogen-bond acceptors (Lipinski definition) is 2. The van der Waals surface area contributed by atoms with Crippen molar-refractivity contribution in [2.24, 2.45) is 5.73 Å². The number of carbonyl (C=O) groups excluding carboxylic acids is 1. The Morgan fingerprint density at radius 2 is 2.27 bits per heavy atom. The van der Waals surface area contributed by atoms with Gasteiger partial charge in [0.25, 0.3) is 5.91 Å². The number of hydrogen-bond donors (Lipinski definition) is 2. The molecule has 1 rings (SSSR count). The Bertz CT molecular complexity index is 406. The van der Waals surface area contributed by atoms with Gasteiger partial charge in [-0.05, 0) is 24.6 Å². The van der Waals surface area contributed by atoms with Crippen LogP contribution in [0.3, 0.4) is 0 Å². The number of carbonyl (C=O) groups is 1. The molecule has 0 unspecified atom stereocenters. The molecule has 0 aliphatic heterocycles. The van der Waals surface area contributed by atoms with E-state index in [4.69, 9.17) is 5.73 Å². The molecule has 80 valence electrons. The van der Waals surface area contributed by atoms with E-state index in [0.29, 0.717) is 5.56 Å². The standard InChI is InChI=1S/C10H11BrN2OS/c1-6-7(3-2-4-8(6)11)10(14)13-5-9(12)15/h2-4H,5H2,1H3,(H2,12,15)(H,13,14). The van der Waals surface area contributed by atoms with E-state index in [1.165, 1.54) is 0 Å². The molecule has 1 aromatic rings. The van der Waals surface area contributed by atoms with Gasteiger partial charge >= 0.3 is 0 Å². The molecular weight excluding hydrogens is 276 g/mol. The fraction of sp³-hybridized carbons (Fsp3) is 0.200. The lowest BCUT2D eigenvalue weighted by Gasteiger charge is -2.07. The second kappa shape index (κ2) is 5.23. The summed E-state index contributed by atoms with van der Waals surface area (Å²) in [5.41, 5.74) is 6.82. The lowest BCUT2D eigenvalue weighted by atomic mass is 10.1. The molecule has 1 aromatic carbocycles. The summed E-state index contributed by atoms with van der Waals surface area (Å²) in [6.45, 7) is 2.10. The molecule has 0 fully saturated rings. The van der Waals surface area contributed by atoms with E-state index in [0.717, 1.165) is 10.0 Å². The number of nitrogens with two attached hydrogens (primary N) is 1. The lowest BCUT2D eigenvalue weighted by molar-refractivity contribution is 0.0958. The summed E-state index contributed by atoms with van der Waals surface area (Å²) >= 11 is 8.04. The van der Waals surface area contributed by atoms with Crippen LogP contribution in [0.5, 0.6) is 0 Å². The molecule has 0 aliphatic rings. The van der Waals surface area contributed by atoms with Gasteiger partial charge < -0.3 is 11.1 Å². The minimum atomic E-state index is -0.165. The molecular formula is C10H11BrN2OS. The van der Waals surface area contributed by atoms with Crippen molar-refractivity contribution in [3.63, 3.8) is 0 Å². The minimum Gasteiger partial charge on any atom is -0.392 e. The van der Waals surface area contributed by atoms with Crippen LogP contribution in [0.2, 0.25) is 0 Å². The Labute approximate surface area is 102 Å². The number of halogens is 1. The summed E-state index contributed by atoms with van der Waals surface area (Å²) in [5.74, 6) is -0.165. The summed E-state index contributed by atoms with van der Waals surface area (Å²) in [4.78, 5) is 11.9. The first-order valence-corrected chi connectivity index (χ1v) is 5.54. The van der Waals surface area contributed by atoms with Gasteiger partial charge in [-0.2, -0.15) is 0 Å². The molecule has 0 heterocycles. The van der Waals surface area contributed by atoms with Crippen LogP contribution in [0.1, 0.15) is 15.9 Å². The molecule has 3 N–H and O–H groups in total. The van der Waals surface area contributed by atoms with Crippen molar-refractivity contribution in [3.8, 4) is 0 Å². The third kappa shape index (κ3) is 3.28. The van der Waals surface area contributed by atoms with Gasteiger partial charge in [0.05, 0.1) is 11.5 Å². The molecule has 0 bridgehead atoms. The van der Waals surface area contributed by atoms with Crippen molar-refractivity contribution < 1.29 is 4.79 Å². The zero-order valence-corrected chi connectivity index (χ0v) is 10.6. The summed E-state index contributed by atoms with van der Waals surface area (Å²) in [5, 5.41) is 2.64. The fourth-order valence-electron chi connectivity index (χ4n) is 1.12. The van der Waals surface area contributed by atoms with Crippen LogP contribution in [0.15, 0.2) is 22.7 Å². The number of benzene rings is 1. The van der Waals surface area contributed by atoms with Crippen molar-refractivity contribution in [3.05, 3.63) is 33.8 Å².